The number of hydrogen-bond donors (Lipinski definition) is 0. The molecule has 116 valence electrons. The van der Waals surface area contributed by atoms with Crippen LogP contribution < -0.4 is 10.5 Å². The lowest BCUT2D eigenvalue weighted by atomic mass is 10.2. The highest BCUT2D eigenvalue weighted by Gasteiger charge is 2.05. The molecule has 0 aliphatic carbocycles. The van der Waals surface area contributed by atoms with Gasteiger partial charge in [-0.3, -0.25) is 9.36 Å². The third kappa shape index (κ3) is 3.01. The molecule has 0 amide bonds. The van der Waals surface area contributed by atoms with Crippen molar-refractivity contribution in [3.8, 4) is 0 Å². The highest BCUT2D eigenvalue weighted by Crippen LogP contribution is 2.14. The van der Waals surface area contributed by atoms with Gasteiger partial charge in [-0.2, -0.15) is 0 Å². The van der Waals surface area contributed by atoms with E-state index >= 15 is 0 Å². The number of para-hydroxylation sites is 1. The minimum Gasteiger partial charge on any atom is -0.378 e. The Balaban J connectivity index is 1.97. The molecule has 1 heterocycles. The molecule has 23 heavy (non-hydrogen) atoms. The van der Waals surface area contributed by atoms with Crippen molar-refractivity contribution < 1.29 is 0 Å². The molecule has 4 nitrogen and oxygen atoms in total. The fourth-order valence-electron chi connectivity index (χ4n) is 2.44. The van der Waals surface area contributed by atoms with Crippen molar-refractivity contribution in [1.29, 1.82) is 0 Å². The van der Waals surface area contributed by atoms with E-state index in [1.165, 1.54) is 0 Å². The summed E-state index contributed by atoms with van der Waals surface area (Å²) in [4.78, 5) is 19.0. The molecule has 0 aliphatic rings. The van der Waals surface area contributed by atoms with Gasteiger partial charge in [0.15, 0.2) is 0 Å². The van der Waals surface area contributed by atoms with Gasteiger partial charge in [0, 0.05) is 26.8 Å². The minimum atomic E-state index is -0.0294. The molecule has 0 fully saturated rings. The molecule has 0 atom stereocenters. The summed E-state index contributed by atoms with van der Waals surface area (Å²) in [5, 5.41) is 0.641. The highest BCUT2D eigenvalue weighted by molar-refractivity contribution is 5.79. The molecule has 3 rings (SSSR count). The van der Waals surface area contributed by atoms with Gasteiger partial charge in [0.05, 0.1) is 10.9 Å². The van der Waals surface area contributed by atoms with Crippen LogP contribution in [0.3, 0.4) is 0 Å². The Bertz CT molecular complexity index is 921. The number of fused-ring (bicyclic) bond motifs is 1. The van der Waals surface area contributed by atoms with Crippen LogP contribution in [-0.2, 0) is 7.05 Å². The van der Waals surface area contributed by atoms with Gasteiger partial charge in [-0.15, -0.1) is 0 Å². The van der Waals surface area contributed by atoms with E-state index in [0.717, 1.165) is 16.8 Å². The molecule has 0 spiro atoms. The van der Waals surface area contributed by atoms with Crippen molar-refractivity contribution in [3.63, 3.8) is 0 Å². The summed E-state index contributed by atoms with van der Waals surface area (Å²) in [7, 11) is 5.77. The third-order valence-electron chi connectivity index (χ3n) is 3.85. The highest BCUT2D eigenvalue weighted by atomic mass is 16.1. The van der Waals surface area contributed by atoms with E-state index in [1.54, 1.807) is 17.7 Å². The van der Waals surface area contributed by atoms with E-state index < -0.39 is 0 Å². The fraction of sp³-hybridized carbons (Fsp3) is 0.158. The van der Waals surface area contributed by atoms with Crippen LogP contribution in [0.4, 0.5) is 5.69 Å². The number of benzene rings is 2. The second-order valence-electron chi connectivity index (χ2n) is 5.67. The van der Waals surface area contributed by atoms with Crippen molar-refractivity contribution >= 4 is 28.7 Å². The first-order valence-electron chi connectivity index (χ1n) is 7.47. The molecule has 0 radical (unpaired) electrons. The van der Waals surface area contributed by atoms with Gasteiger partial charge in [0.25, 0.3) is 5.56 Å². The van der Waals surface area contributed by atoms with E-state index in [2.05, 4.69) is 22.0 Å². The Morgan fingerprint density at radius 2 is 1.70 bits per heavy atom. The van der Waals surface area contributed by atoms with Crippen molar-refractivity contribution in [2.75, 3.05) is 19.0 Å². The van der Waals surface area contributed by atoms with Crippen LogP contribution in [0, 0.1) is 0 Å². The van der Waals surface area contributed by atoms with Gasteiger partial charge in [0.2, 0.25) is 0 Å². The van der Waals surface area contributed by atoms with E-state index in [-0.39, 0.29) is 5.56 Å². The number of hydrogen-bond acceptors (Lipinski definition) is 3. The molecule has 3 aromatic rings. The average Bonchev–Trinajstić information content (AvgIpc) is 2.57. The number of nitrogens with zero attached hydrogens (tertiary/aromatic N) is 3. The average molecular weight is 305 g/mol. The van der Waals surface area contributed by atoms with Crippen molar-refractivity contribution in [2.24, 2.45) is 7.05 Å². The molecule has 2 aromatic carbocycles. The van der Waals surface area contributed by atoms with Crippen LogP contribution >= 0.6 is 0 Å². The van der Waals surface area contributed by atoms with Gasteiger partial charge in [0.1, 0.15) is 5.82 Å². The SMILES string of the molecule is CN(C)c1ccc(/C=C\c2nc3ccccc3c(=O)n2C)cc1. The summed E-state index contributed by atoms with van der Waals surface area (Å²) >= 11 is 0. The lowest BCUT2D eigenvalue weighted by molar-refractivity contribution is 0.828. The second kappa shape index (κ2) is 6.08. The molecular weight excluding hydrogens is 286 g/mol. The summed E-state index contributed by atoms with van der Waals surface area (Å²) in [5.74, 6) is 0.644. The lowest BCUT2D eigenvalue weighted by Crippen LogP contribution is -2.20. The van der Waals surface area contributed by atoms with Gasteiger partial charge < -0.3 is 4.90 Å². The molecule has 0 bridgehead atoms. The Morgan fingerprint density at radius 3 is 2.39 bits per heavy atom. The smallest absolute Gasteiger partial charge is 0.261 e. The standard InChI is InChI=1S/C19H19N3O/c1-21(2)15-11-8-14(9-12-15)10-13-18-20-17-7-5-4-6-16(17)19(23)22(18)3/h4-13H,1-3H3/b13-10-. The van der Waals surface area contributed by atoms with E-state index in [1.807, 2.05) is 56.6 Å². The summed E-state index contributed by atoms with van der Waals surface area (Å²) in [6, 6.07) is 15.6. The van der Waals surface area contributed by atoms with Gasteiger partial charge >= 0.3 is 0 Å². The zero-order valence-corrected chi connectivity index (χ0v) is 13.5. The summed E-state index contributed by atoms with van der Waals surface area (Å²) in [6.45, 7) is 0. The monoisotopic (exact) mass is 305 g/mol. The van der Waals surface area contributed by atoms with Crippen LogP contribution in [0.5, 0.6) is 0 Å². The number of rotatable bonds is 3. The van der Waals surface area contributed by atoms with Crippen molar-refractivity contribution in [3.05, 3.63) is 70.3 Å². The summed E-state index contributed by atoms with van der Waals surface area (Å²) in [6.07, 6.45) is 3.84. The molecule has 0 saturated carbocycles. The Kier molecular flexibility index (Phi) is 3.98. The number of aromatic nitrogens is 2. The van der Waals surface area contributed by atoms with Crippen LogP contribution in [-0.4, -0.2) is 23.6 Å². The summed E-state index contributed by atoms with van der Waals surface area (Å²) in [5.41, 5.74) is 2.91. The maximum Gasteiger partial charge on any atom is 0.261 e. The van der Waals surface area contributed by atoms with E-state index in [4.69, 9.17) is 0 Å². The molecule has 0 aliphatic heterocycles. The predicted octanol–water partition coefficient (Wildman–Crippen LogP) is 3.17. The maximum absolute atomic E-state index is 12.4. The van der Waals surface area contributed by atoms with Crippen molar-refractivity contribution in [2.45, 2.75) is 0 Å². The quantitative estimate of drug-likeness (QED) is 0.746. The zero-order valence-electron chi connectivity index (χ0n) is 13.5. The first kappa shape index (κ1) is 15.0. The van der Waals surface area contributed by atoms with Gasteiger partial charge in [-0.25, -0.2) is 4.98 Å². The molecular formula is C19H19N3O. The van der Waals surface area contributed by atoms with Crippen LogP contribution in [0.25, 0.3) is 23.1 Å². The largest absolute Gasteiger partial charge is 0.378 e. The number of anilines is 1. The second-order valence-corrected chi connectivity index (χ2v) is 5.67. The Labute approximate surface area is 135 Å². The van der Waals surface area contributed by atoms with Crippen LogP contribution in [0.15, 0.2) is 53.3 Å². The molecule has 4 heteroatoms. The molecule has 0 N–H and O–H groups in total. The molecule has 1 aromatic heterocycles. The Morgan fingerprint density at radius 1 is 1.00 bits per heavy atom. The van der Waals surface area contributed by atoms with Crippen LogP contribution in [0.1, 0.15) is 11.4 Å². The Hall–Kier alpha value is -2.88. The van der Waals surface area contributed by atoms with E-state index in [0.29, 0.717) is 11.2 Å². The maximum atomic E-state index is 12.4. The third-order valence-corrected chi connectivity index (χ3v) is 3.85. The first-order valence-corrected chi connectivity index (χ1v) is 7.47. The normalized spacial score (nSPS) is 11.3. The zero-order chi connectivity index (χ0) is 16.4. The lowest BCUT2D eigenvalue weighted by Gasteiger charge is -2.11. The van der Waals surface area contributed by atoms with E-state index in [9.17, 15) is 4.79 Å². The van der Waals surface area contributed by atoms with Crippen LogP contribution in [0.2, 0.25) is 0 Å². The predicted molar refractivity (Wildman–Crippen MR) is 96.7 cm³/mol. The minimum absolute atomic E-state index is 0.0294. The topological polar surface area (TPSA) is 38.1 Å². The van der Waals surface area contributed by atoms with Gasteiger partial charge in [-0.1, -0.05) is 30.3 Å². The van der Waals surface area contributed by atoms with Gasteiger partial charge in [-0.05, 0) is 35.9 Å². The summed E-state index contributed by atoms with van der Waals surface area (Å²) < 4.78 is 1.58. The molecule has 0 unspecified atom stereocenters. The fourth-order valence-corrected chi connectivity index (χ4v) is 2.44. The molecule has 0 saturated heterocycles. The first-order chi connectivity index (χ1) is 11.1. The van der Waals surface area contributed by atoms with Crippen molar-refractivity contribution in [1.82, 2.24) is 9.55 Å².